The predicted octanol–water partition coefficient (Wildman–Crippen LogP) is 2.73. The maximum Gasteiger partial charge on any atom is 0.407 e. The fraction of sp³-hybridized carbons (Fsp3) is 0.708. The standard InChI is InChI=1S/C24H34ClN5O6/c1-23(2,3)36-22(31)26-10-14-12-32-9-8-29(14)11-16-17-18(35-24(4,5)34-17)21(33-16)30-7-6-15-19(25)27-13-28-20(15)30/h6-7,13-14,16-18,21H,8-12H2,1-5H3,(H,26,31)/t14-,16-,17-,18-,21-/m1/s1. The molecule has 12 heteroatoms. The van der Waals surface area contributed by atoms with Gasteiger partial charge in [-0.3, -0.25) is 4.90 Å². The number of ether oxygens (including phenoxy) is 5. The number of carbonyl (C=O) groups excluding carboxylic acids is 1. The smallest absolute Gasteiger partial charge is 0.407 e. The quantitative estimate of drug-likeness (QED) is 0.591. The number of rotatable bonds is 5. The average molecular weight is 524 g/mol. The van der Waals surface area contributed by atoms with Crippen molar-refractivity contribution >= 4 is 28.7 Å². The number of fused-ring (bicyclic) bond motifs is 2. The van der Waals surface area contributed by atoms with Gasteiger partial charge in [0.15, 0.2) is 12.0 Å². The Morgan fingerprint density at radius 2 is 2.06 bits per heavy atom. The fourth-order valence-corrected chi connectivity index (χ4v) is 5.23. The number of hydrogen-bond acceptors (Lipinski definition) is 9. The molecule has 1 amide bonds. The molecule has 2 aromatic heterocycles. The van der Waals surface area contributed by atoms with Gasteiger partial charge in [-0.25, -0.2) is 14.8 Å². The van der Waals surface area contributed by atoms with Crippen LogP contribution in [0.5, 0.6) is 0 Å². The van der Waals surface area contributed by atoms with Crippen molar-refractivity contribution in [1.82, 2.24) is 24.8 Å². The van der Waals surface area contributed by atoms with Crippen LogP contribution in [0.25, 0.3) is 11.0 Å². The molecule has 0 unspecified atom stereocenters. The molecule has 0 spiro atoms. The second kappa shape index (κ2) is 9.70. The number of nitrogens with one attached hydrogen (secondary N) is 1. The second-order valence-electron chi connectivity index (χ2n) is 10.9. The third-order valence-corrected chi connectivity index (χ3v) is 6.81. The lowest BCUT2D eigenvalue weighted by Gasteiger charge is -2.37. The molecule has 198 valence electrons. The highest BCUT2D eigenvalue weighted by Gasteiger charge is 2.56. The van der Waals surface area contributed by atoms with Crippen LogP contribution in [0.1, 0.15) is 40.8 Å². The number of hydrogen-bond donors (Lipinski definition) is 1. The van der Waals surface area contributed by atoms with Crippen LogP contribution in [0.3, 0.4) is 0 Å². The van der Waals surface area contributed by atoms with Crippen molar-refractivity contribution in [3.63, 3.8) is 0 Å². The summed E-state index contributed by atoms with van der Waals surface area (Å²) in [5.74, 6) is -0.742. The molecular formula is C24H34ClN5O6. The molecular weight excluding hydrogens is 490 g/mol. The van der Waals surface area contributed by atoms with Crippen LogP contribution in [-0.2, 0) is 23.7 Å². The van der Waals surface area contributed by atoms with Crippen molar-refractivity contribution in [3.8, 4) is 0 Å². The number of nitrogens with zero attached hydrogens (tertiary/aromatic N) is 4. The first kappa shape index (κ1) is 25.6. The van der Waals surface area contributed by atoms with Gasteiger partial charge in [0.1, 0.15) is 41.0 Å². The predicted molar refractivity (Wildman–Crippen MR) is 131 cm³/mol. The van der Waals surface area contributed by atoms with Crippen molar-refractivity contribution in [1.29, 1.82) is 0 Å². The number of halogens is 1. The Bertz CT molecular complexity index is 1100. The first-order valence-electron chi connectivity index (χ1n) is 12.3. The largest absolute Gasteiger partial charge is 0.444 e. The number of amides is 1. The highest BCUT2D eigenvalue weighted by Crippen LogP contribution is 2.44. The van der Waals surface area contributed by atoms with E-state index in [-0.39, 0.29) is 24.4 Å². The zero-order chi connectivity index (χ0) is 25.7. The molecule has 5 atom stereocenters. The third-order valence-electron chi connectivity index (χ3n) is 6.50. The second-order valence-corrected chi connectivity index (χ2v) is 11.2. The molecule has 1 N–H and O–H groups in total. The Morgan fingerprint density at radius 3 is 2.83 bits per heavy atom. The highest BCUT2D eigenvalue weighted by atomic mass is 35.5. The SMILES string of the molecule is CC(C)(C)OC(=O)NC[C@@H]1COCCN1C[C@H]1O[C@@H](n2ccc3c(Cl)ncnc32)[C@@H]2OC(C)(C)O[C@@H]21. The Labute approximate surface area is 215 Å². The monoisotopic (exact) mass is 523 g/mol. The van der Waals surface area contributed by atoms with Crippen LogP contribution in [-0.4, -0.2) is 94.1 Å². The number of aromatic nitrogens is 3. The van der Waals surface area contributed by atoms with Crippen molar-refractivity contribution in [3.05, 3.63) is 23.7 Å². The Morgan fingerprint density at radius 1 is 1.28 bits per heavy atom. The minimum absolute atomic E-state index is 0.0262. The van der Waals surface area contributed by atoms with E-state index in [0.717, 1.165) is 5.39 Å². The number of alkyl carbamates (subject to hydrolysis) is 1. The molecule has 11 nitrogen and oxygen atoms in total. The lowest BCUT2D eigenvalue weighted by Crippen LogP contribution is -2.54. The van der Waals surface area contributed by atoms with E-state index in [1.165, 1.54) is 6.33 Å². The van der Waals surface area contributed by atoms with Crippen molar-refractivity contribution in [2.45, 2.75) is 76.6 Å². The lowest BCUT2D eigenvalue weighted by molar-refractivity contribution is -0.199. The molecule has 0 radical (unpaired) electrons. The lowest BCUT2D eigenvalue weighted by atomic mass is 10.1. The van der Waals surface area contributed by atoms with Gasteiger partial charge in [0.25, 0.3) is 0 Å². The van der Waals surface area contributed by atoms with Gasteiger partial charge < -0.3 is 33.6 Å². The molecule has 0 saturated carbocycles. The van der Waals surface area contributed by atoms with E-state index in [4.69, 9.17) is 35.3 Å². The summed E-state index contributed by atoms with van der Waals surface area (Å²) in [6.45, 7) is 12.2. The maximum atomic E-state index is 12.2. The minimum Gasteiger partial charge on any atom is -0.444 e. The van der Waals surface area contributed by atoms with Crippen LogP contribution in [0.4, 0.5) is 4.79 Å². The molecule has 0 aliphatic carbocycles. The molecule has 3 aliphatic heterocycles. The topological polar surface area (TPSA) is 109 Å². The van der Waals surface area contributed by atoms with E-state index >= 15 is 0 Å². The average Bonchev–Trinajstić information content (AvgIpc) is 3.44. The van der Waals surface area contributed by atoms with Crippen LogP contribution in [0.15, 0.2) is 18.6 Å². The third kappa shape index (κ3) is 5.32. The molecule has 3 aliphatic rings. The van der Waals surface area contributed by atoms with E-state index in [1.54, 1.807) is 0 Å². The van der Waals surface area contributed by atoms with Gasteiger partial charge in [-0.05, 0) is 40.7 Å². The first-order chi connectivity index (χ1) is 17.0. The van der Waals surface area contributed by atoms with Crippen molar-refractivity contribution in [2.75, 3.05) is 32.8 Å². The number of carbonyl (C=O) groups is 1. The highest BCUT2D eigenvalue weighted by molar-refractivity contribution is 6.33. The zero-order valence-corrected chi connectivity index (χ0v) is 22.0. The Balaban J connectivity index is 1.32. The van der Waals surface area contributed by atoms with E-state index in [2.05, 4.69) is 20.2 Å². The van der Waals surface area contributed by atoms with Gasteiger partial charge in [0, 0.05) is 25.8 Å². The molecule has 0 bridgehead atoms. The molecule has 2 aromatic rings. The summed E-state index contributed by atoms with van der Waals surface area (Å²) in [6.07, 6.45) is 1.59. The Kier molecular flexibility index (Phi) is 6.90. The van der Waals surface area contributed by atoms with Gasteiger partial charge in [0.2, 0.25) is 0 Å². The van der Waals surface area contributed by atoms with E-state index < -0.39 is 23.7 Å². The van der Waals surface area contributed by atoms with Crippen LogP contribution in [0, 0.1) is 0 Å². The van der Waals surface area contributed by atoms with E-state index in [9.17, 15) is 4.79 Å². The number of morpholine rings is 1. The summed E-state index contributed by atoms with van der Waals surface area (Å²) in [5, 5.41) is 4.01. The molecule has 3 fully saturated rings. The summed E-state index contributed by atoms with van der Waals surface area (Å²) in [4.78, 5) is 23.0. The maximum absolute atomic E-state index is 12.2. The zero-order valence-electron chi connectivity index (χ0n) is 21.3. The van der Waals surface area contributed by atoms with Crippen molar-refractivity contribution < 1.29 is 28.5 Å². The molecule has 5 rings (SSSR count). The van der Waals surface area contributed by atoms with Crippen LogP contribution in [0.2, 0.25) is 5.15 Å². The first-order valence-corrected chi connectivity index (χ1v) is 12.7. The summed E-state index contributed by atoms with van der Waals surface area (Å²) in [6, 6.07) is 1.85. The molecule has 5 heterocycles. The fourth-order valence-electron chi connectivity index (χ4n) is 5.04. The normalized spacial score (nSPS) is 30.4. The van der Waals surface area contributed by atoms with Crippen LogP contribution >= 0.6 is 11.6 Å². The van der Waals surface area contributed by atoms with Gasteiger partial charge in [-0.2, -0.15) is 0 Å². The molecule has 0 aromatic carbocycles. The van der Waals surface area contributed by atoms with E-state index in [0.29, 0.717) is 43.6 Å². The molecule has 3 saturated heterocycles. The van der Waals surface area contributed by atoms with Crippen molar-refractivity contribution in [2.24, 2.45) is 0 Å². The van der Waals surface area contributed by atoms with Gasteiger partial charge >= 0.3 is 6.09 Å². The summed E-state index contributed by atoms with van der Waals surface area (Å²) in [5.41, 5.74) is 0.123. The van der Waals surface area contributed by atoms with Gasteiger partial charge in [0.05, 0.1) is 24.6 Å². The van der Waals surface area contributed by atoms with Crippen LogP contribution < -0.4 is 5.32 Å². The van der Waals surface area contributed by atoms with E-state index in [1.807, 2.05) is 51.4 Å². The summed E-state index contributed by atoms with van der Waals surface area (Å²) in [7, 11) is 0. The summed E-state index contributed by atoms with van der Waals surface area (Å²) < 4.78 is 32.2. The molecule has 36 heavy (non-hydrogen) atoms. The van der Waals surface area contributed by atoms with Gasteiger partial charge in [-0.1, -0.05) is 11.6 Å². The summed E-state index contributed by atoms with van der Waals surface area (Å²) >= 11 is 6.28. The minimum atomic E-state index is -0.742. The van der Waals surface area contributed by atoms with Gasteiger partial charge in [-0.15, -0.1) is 0 Å². The Hall–Kier alpha value is -2.02.